The molecule has 0 aromatic rings. The molecule has 0 N–H and O–H groups in total. The highest BCUT2D eigenvalue weighted by Gasteiger charge is 2.24. The van der Waals surface area contributed by atoms with Crippen LogP contribution in [0.3, 0.4) is 0 Å². The van der Waals surface area contributed by atoms with Crippen LogP contribution in [0.4, 0.5) is 0 Å². The third-order valence-electron chi connectivity index (χ3n) is 3.52. The van der Waals surface area contributed by atoms with Crippen LogP contribution in [0, 0.1) is 5.41 Å². The van der Waals surface area contributed by atoms with E-state index in [1.54, 1.807) is 0 Å². The SMILES string of the molecule is C=CC(CCCC)(CCCC)CCCC. The number of unbranched alkanes of at least 4 members (excludes halogenated alkanes) is 3. The molecule has 0 spiro atoms. The molecule has 0 aliphatic heterocycles. The van der Waals surface area contributed by atoms with E-state index >= 15 is 0 Å². The van der Waals surface area contributed by atoms with Gasteiger partial charge in [-0.25, -0.2) is 0 Å². The molecule has 0 amide bonds. The van der Waals surface area contributed by atoms with Gasteiger partial charge in [-0.3, -0.25) is 0 Å². The maximum Gasteiger partial charge on any atom is -0.0121 e. The van der Waals surface area contributed by atoms with E-state index in [4.69, 9.17) is 0 Å². The first-order valence-electron chi connectivity index (χ1n) is 6.88. The Labute approximate surface area is 97.2 Å². The van der Waals surface area contributed by atoms with Crippen molar-refractivity contribution in [2.24, 2.45) is 5.41 Å². The summed E-state index contributed by atoms with van der Waals surface area (Å²) in [5.41, 5.74) is 0.460. The fraction of sp³-hybridized carbons (Fsp3) is 0.867. The van der Waals surface area contributed by atoms with Gasteiger partial charge in [0.1, 0.15) is 0 Å². The molecule has 0 saturated carbocycles. The largest absolute Gasteiger partial charge is 0.103 e. The van der Waals surface area contributed by atoms with Crippen molar-refractivity contribution in [3.63, 3.8) is 0 Å². The number of hydrogen-bond acceptors (Lipinski definition) is 0. The molecule has 0 heterocycles. The van der Waals surface area contributed by atoms with Gasteiger partial charge in [-0.1, -0.05) is 65.4 Å². The molecule has 0 heteroatoms. The molecule has 0 rings (SSSR count). The number of rotatable bonds is 10. The van der Waals surface area contributed by atoms with E-state index in [-0.39, 0.29) is 0 Å². The van der Waals surface area contributed by atoms with Gasteiger partial charge in [0.15, 0.2) is 0 Å². The third-order valence-corrected chi connectivity index (χ3v) is 3.52. The van der Waals surface area contributed by atoms with E-state index in [1.165, 1.54) is 57.8 Å². The molecule has 0 radical (unpaired) electrons. The summed E-state index contributed by atoms with van der Waals surface area (Å²) >= 11 is 0. The Morgan fingerprint density at radius 2 is 1.13 bits per heavy atom. The lowest BCUT2D eigenvalue weighted by atomic mass is 9.74. The lowest BCUT2D eigenvalue weighted by Crippen LogP contribution is -2.17. The predicted octanol–water partition coefficient (Wildman–Crippen LogP) is 5.73. The second-order valence-electron chi connectivity index (χ2n) is 4.88. The van der Waals surface area contributed by atoms with Crippen molar-refractivity contribution in [3.8, 4) is 0 Å². The molecule has 90 valence electrons. The lowest BCUT2D eigenvalue weighted by Gasteiger charge is -2.30. The second-order valence-corrected chi connectivity index (χ2v) is 4.88. The highest BCUT2D eigenvalue weighted by molar-refractivity contribution is 4.94. The summed E-state index contributed by atoms with van der Waals surface area (Å²) < 4.78 is 0. The van der Waals surface area contributed by atoms with E-state index in [0.717, 1.165) is 0 Å². The summed E-state index contributed by atoms with van der Waals surface area (Å²) in [6, 6.07) is 0. The van der Waals surface area contributed by atoms with Crippen molar-refractivity contribution in [3.05, 3.63) is 12.7 Å². The van der Waals surface area contributed by atoms with Gasteiger partial charge in [-0.15, -0.1) is 6.58 Å². The van der Waals surface area contributed by atoms with Crippen molar-refractivity contribution in [2.45, 2.75) is 78.6 Å². The summed E-state index contributed by atoms with van der Waals surface area (Å²) in [6.07, 6.45) is 14.3. The first-order valence-corrected chi connectivity index (χ1v) is 6.88. The maximum atomic E-state index is 4.09. The van der Waals surface area contributed by atoms with E-state index in [2.05, 4.69) is 33.4 Å². The summed E-state index contributed by atoms with van der Waals surface area (Å²) in [6.45, 7) is 10.9. The number of hydrogen-bond donors (Lipinski definition) is 0. The average Bonchev–Trinajstić information content (AvgIpc) is 2.29. The van der Waals surface area contributed by atoms with Gasteiger partial charge in [0.05, 0.1) is 0 Å². The summed E-state index contributed by atoms with van der Waals surface area (Å²) in [4.78, 5) is 0. The van der Waals surface area contributed by atoms with Gasteiger partial charge < -0.3 is 0 Å². The third kappa shape index (κ3) is 6.02. The molecule has 0 aromatic heterocycles. The summed E-state index contributed by atoms with van der Waals surface area (Å²) in [5.74, 6) is 0. The molecule has 0 fully saturated rings. The van der Waals surface area contributed by atoms with E-state index < -0.39 is 0 Å². The van der Waals surface area contributed by atoms with Crippen molar-refractivity contribution in [2.75, 3.05) is 0 Å². The van der Waals surface area contributed by atoms with Crippen LogP contribution in [0.1, 0.15) is 78.6 Å². The Hall–Kier alpha value is -0.260. The van der Waals surface area contributed by atoms with Gasteiger partial charge in [0, 0.05) is 0 Å². The standard InChI is InChI=1S/C15H30/c1-5-9-12-15(8-4,13-10-6-2)14-11-7-3/h8H,4-7,9-14H2,1-3H3. The molecule has 0 atom stereocenters. The summed E-state index contributed by atoms with van der Waals surface area (Å²) in [5, 5.41) is 0. The van der Waals surface area contributed by atoms with Crippen LogP contribution >= 0.6 is 0 Å². The van der Waals surface area contributed by atoms with Crippen molar-refractivity contribution in [1.82, 2.24) is 0 Å². The van der Waals surface area contributed by atoms with Gasteiger partial charge in [0.25, 0.3) is 0 Å². The smallest absolute Gasteiger partial charge is 0.0121 e. The maximum absolute atomic E-state index is 4.09. The van der Waals surface area contributed by atoms with E-state index in [9.17, 15) is 0 Å². The Balaban J connectivity index is 4.23. The zero-order valence-corrected chi connectivity index (χ0v) is 11.1. The molecular weight excluding hydrogens is 180 g/mol. The second kappa shape index (κ2) is 9.00. The molecule has 0 aliphatic carbocycles. The van der Waals surface area contributed by atoms with E-state index in [0.29, 0.717) is 5.41 Å². The van der Waals surface area contributed by atoms with Crippen molar-refractivity contribution >= 4 is 0 Å². The number of allylic oxidation sites excluding steroid dienone is 1. The molecular formula is C15H30. The van der Waals surface area contributed by atoms with Crippen molar-refractivity contribution in [1.29, 1.82) is 0 Å². The Morgan fingerprint density at radius 3 is 1.33 bits per heavy atom. The normalized spacial score (nSPS) is 11.7. The average molecular weight is 210 g/mol. The first kappa shape index (κ1) is 14.7. The van der Waals surface area contributed by atoms with Crippen molar-refractivity contribution < 1.29 is 0 Å². The Bertz CT molecular complexity index is 124. The molecule has 0 aromatic carbocycles. The quantitative estimate of drug-likeness (QED) is 0.404. The highest BCUT2D eigenvalue weighted by atomic mass is 14.3. The Kier molecular flexibility index (Phi) is 8.85. The predicted molar refractivity (Wildman–Crippen MR) is 71.2 cm³/mol. The minimum atomic E-state index is 0.460. The first-order chi connectivity index (χ1) is 7.24. The summed E-state index contributed by atoms with van der Waals surface area (Å²) in [7, 11) is 0. The molecule has 0 nitrogen and oxygen atoms in total. The van der Waals surface area contributed by atoms with Crippen LogP contribution in [0.5, 0.6) is 0 Å². The minimum absolute atomic E-state index is 0.460. The van der Waals surface area contributed by atoms with Crippen LogP contribution in [0.2, 0.25) is 0 Å². The van der Waals surface area contributed by atoms with Gasteiger partial charge in [-0.2, -0.15) is 0 Å². The van der Waals surface area contributed by atoms with Gasteiger partial charge in [0.2, 0.25) is 0 Å². The van der Waals surface area contributed by atoms with Crippen LogP contribution in [0.15, 0.2) is 12.7 Å². The molecule has 0 unspecified atom stereocenters. The molecule has 0 aliphatic rings. The lowest BCUT2D eigenvalue weighted by molar-refractivity contribution is 0.273. The topological polar surface area (TPSA) is 0 Å². The van der Waals surface area contributed by atoms with Crippen LogP contribution in [-0.4, -0.2) is 0 Å². The molecule has 0 saturated heterocycles. The monoisotopic (exact) mass is 210 g/mol. The van der Waals surface area contributed by atoms with Crippen LogP contribution in [-0.2, 0) is 0 Å². The van der Waals surface area contributed by atoms with Gasteiger partial charge >= 0.3 is 0 Å². The van der Waals surface area contributed by atoms with Crippen LogP contribution < -0.4 is 0 Å². The Morgan fingerprint density at radius 1 is 0.800 bits per heavy atom. The van der Waals surface area contributed by atoms with Crippen LogP contribution in [0.25, 0.3) is 0 Å². The highest BCUT2D eigenvalue weighted by Crippen LogP contribution is 2.37. The van der Waals surface area contributed by atoms with Gasteiger partial charge in [-0.05, 0) is 24.7 Å². The molecule has 0 bridgehead atoms. The zero-order chi connectivity index (χ0) is 11.6. The zero-order valence-electron chi connectivity index (χ0n) is 11.1. The molecule has 15 heavy (non-hydrogen) atoms. The van der Waals surface area contributed by atoms with E-state index in [1.807, 2.05) is 0 Å². The minimum Gasteiger partial charge on any atom is -0.103 e. The fourth-order valence-corrected chi connectivity index (χ4v) is 2.27. The fourth-order valence-electron chi connectivity index (χ4n) is 2.27.